The summed E-state index contributed by atoms with van der Waals surface area (Å²) in [5, 5.41) is 7.06. The number of esters is 1. The van der Waals surface area contributed by atoms with E-state index in [1.54, 1.807) is 6.92 Å². The molecule has 2 aromatic heterocycles. The van der Waals surface area contributed by atoms with Crippen molar-refractivity contribution < 1.29 is 23.1 Å². The summed E-state index contributed by atoms with van der Waals surface area (Å²) in [4.78, 5) is 26.3. The number of ether oxygens (including phenoxy) is 1. The van der Waals surface area contributed by atoms with Crippen molar-refractivity contribution in [2.24, 2.45) is 0 Å². The summed E-state index contributed by atoms with van der Waals surface area (Å²) in [6.07, 6.45) is 1.65. The second kappa shape index (κ2) is 9.34. The van der Waals surface area contributed by atoms with Gasteiger partial charge in [-0.3, -0.25) is 9.48 Å². The van der Waals surface area contributed by atoms with E-state index in [0.29, 0.717) is 29.3 Å². The van der Waals surface area contributed by atoms with Gasteiger partial charge < -0.3 is 10.1 Å². The standard InChI is InChI=1S/C19H22BrF2N3O3S/c1-3-8-28-19(27)14-11-6-4-5-7-12(11)29-18(14)23-13(26)9-25-10(2)15(20)16(24-25)17(21)22/h17H,3-9H2,1-2H3,(H,23,26). The number of alkyl halides is 2. The van der Waals surface area contributed by atoms with Crippen molar-refractivity contribution in [3.05, 3.63) is 31.9 Å². The summed E-state index contributed by atoms with van der Waals surface area (Å²) in [5.41, 5.74) is 1.42. The van der Waals surface area contributed by atoms with Crippen LogP contribution in [0, 0.1) is 6.92 Å². The molecule has 29 heavy (non-hydrogen) atoms. The molecule has 0 fully saturated rings. The molecule has 0 radical (unpaired) electrons. The van der Waals surface area contributed by atoms with Crippen LogP contribution in [0.2, 0.25) is 0 Å². The Labute approximate surface area is 179 Å². The Balaban J connectivity index is 1.82. The summed E-state index contributed by atoms with van der Waals surface area (Å²) in [7, 11) is 0. The predicted molar refractivity (Wildman–Crippen MR) is 110 cm³/mol. The quantitative estimate of drug-likeness (QED) is 0.553. The number of carbonyl (C=O) groups is 2. The Morgan fingerprint density at radius 2 is 2.07 bits per heavy atom. The fourth-order valence-electron chi connectivity index (χ4n) is 3.28. The molecule has 0 atom stereocenters. The zero-order valence-corrected chi connectivity index (χ0v) is 18.6. The van der Waals surface area contributed by atoms with Crippen molar-refractivity contribution in [2.45, 2.75) is 58.9 Å². The first kappa shape index (κ1) is 21.9. The van der Waals surface area contributed by atoms with E-state index in [-0.39, 0.29) is 11.0 Å². The highest BCUT2D eigenvalue weighted by atomic mass is 79.9. The van der Waals surface area contributed by atoms with Crippen molar-refractivity contribution in [3.8, 4) is 0 Å². The van der Waals surface area contributed by atoms with Crippen LogP contribution < -0.4 is 5.32 Å². The number of aryl methyl sites for hydroxylation is 1. The zero-order chi connectivity index (χ0) is 21.1. The number of amides is 1. The van der Waals surface area contributed by atoms with Gasteiger partial charge in [0.2, 0.25) is 5.91 Å². The van der Waals surface area contributed by atoms with E-state index in [1.807, 2.05) is 6.92 Å². The largest absolute Gasteiger partial charge is 0.462 e. The number of nitrogens with zero attached hydrogens (tertiary/aromatic N) is 2. The molecular weight excluding hydrogens is 468 g/mol. The molecule has 2 aromatic rings. The lowest BCUT2D eigenvalue weighted by molar-refractivity contribution is -0.116. The van der Waals surface area contributed by atoms with Gasteiger partial charge in [0.05, 0.1) is 22.3 Å². The Hall–Kier alpha value is -1.81. The highest BCUT2D eigenvalue weighted by molar-refractivity contribution is 9.10. The normalized spacial score (nSPS) is 13.4. The van der Waals surface area contributed by atoms with Crippen LogP contribution in [-0.4, -0.2) is 28.3 Å². The first-order valence-electron chi connectivity index (χ1n) is 9.45. The second-order valence-electron chi connectivity index (χ2n) is 6.84. The predicted octanol–water partition coefficient (Wildman–Crippen LogP) is 5.04. The Morgan fingerprint density at radius 1 is 1.34 bits per heavy atom. The fraction of sp³-hybridized carbons (Fsp3) is 0.526. The van der Waals surface area contributed by atoms with E-state index in [1.165, 1.54) is 16.0 Å². The van der Waals surface area contributed by atoms with Crippen molar-refractivity contribution in [1.82, 2.24) is 9.78 Å². The molecule has 1 aliphatic rings. The summed E-state index contributed by atoms with van der Waals surface area (Å²) in [5.74, 6) is -0.869. The molecule has 2 heterocycles. The summed E-state index contributed by atoms with van der Waals surface area (Å²) < 4.78 is 32.8. The van der Waals surface area contributed by atoms with Crippen molar-refractivity contribution in [2.75, 3.05) is 11.9 Å². The van der Waals surface area contributed by atoms with Crippen LogP contribution >= 0.6 is 27.3 Å². The molecule has 0 unspecified atom stereocenters. The maximum Gasteiger partial charge on any atom is 0.341 e. The van der Waals surface area contributed by atoms with Crippen LogP contribution in [0.3, 0.4) is 0 Å². The summed E-state index contributed by atoms with van der Waals surface area (Å²) >= 11 is 4.49. The molecule has 0 saturated heterocycles. The molecule has 0 bridgehead atoms. The maximum absolute atomic E-state index is 13.0. The lowest BCUT2D eigenvalue weighted by Crippen LogP contribution is -2.21. The molecule has 1 N–H and O–H groups in total. The molecule has 1 amide bonds. The van der Waals surface area contributed by atoms with Crippen molar-refractivity contribution in [1.29, 1.82) is 0 Å². The molecule has 6 nitrogen and oxygen atoms in total. The second-order valence-corrected chi connectivity index (χ2v) is 8.74. The molecule has 3 rings (SSSR count). The van der Waals surface area contributed by atoms with Crippen molar-refractivity contribution in [3.63, 3.8) is 0 Å². The summed E-state index contributed by atoms with van der Waals surface area (Å²) in [6, 6.07) is 0. The number of thiophene rings is 1. The van der Waals surface area contributed by atoms with Crippen LogP contribution in [0.5, 0.6) is 0 Å². The molecule has 10 heteroatoms. The van der Waals surface area contributed by atoms with Gasteiger partial charge in [-0.25, -0.2) is 13.6 Å². The van der Waals surface area contributed by atoms with E-state index in [4.69, 9.17) is 4.74 Å². The number of fused-ring (bicyclic) bond motifs is 1. The highest BCUT2D eigenvalue weighted by Crippen LogP contribution is 2.38. The van der Waals surface area contributed by atoms with Gasteiger partial charge in [-0.2, -0.15) is 5.10 Å². The summed E-state index contributed by atoms with van der Waals surface area (Å²) in [6.45, 7) is 3.60. The van der Waals surface area contributed by atoms with E-state index >= 15 is 0 Å². The molecule has 0 aromatic carbocycles. The minimum Gasteiger partial charge on any atom is -0.462 e. The van der Waals surface area contributed by atoms with Gasteiger partial charge >= 0.3 is 5.97 Å². The molecule has 1 aliphatic carbocycles. The molecule has 0 saturated carbocycles. The smallest absolute Gasteiger partial charge is 0.341 e. The molecular formula is C19H22BrF2N3O3S. The average molecular weight is 490 g/mol. The Bertz CT molecular complexity index is 926. The van der Waals surface area contributed by atoms with Gasteiger partial charge in [0.25, 0.3) is 6.43 Å². The van der Waals surface area contributed by atoms with Gasteiger partial charge in [0, 0.05) is 4.88 Å². The number of halogens is 3. The van der Waals surface area contributed by atoms with Crippen LogP contribution in [0.15, 0.2) is 4.47 Å². The monoisotopic (exact) mass is 489 g/mol. The first-order valence-corrected chi connectivity index (χ1v) is 11.1. The third kappa shape index (κ3) is 4.69. The molecule has 0 spiro atoms. The molecule has 158 valence electrons. The minimum atomic E-state index is -2.74. The third-order valence-electron chi connectivity index (χ3n) is 4.72. The number of nitrogens with one attached hydrogen (secondary N) is 1. The number of hydrogen-bond acceptors (Lipinski definition) is 5. The third-order valence-corrected chi connectivity index (χ3v) is 6.91. The van der Waals surface area contributed by atoms with E-state index in [0.717, 1.165) is 36.1 Å². The van der Waals surface area contributed by atoms with Crippen LogP contribution in [0.1, 0.15) is 64.8 Å². The lowest BCUT2D eigenvalue weighted by atomic mass is 9.95. The van der Waals surface area contributed by atoms with Gasteiger partial charge in [-0.05, 0) is 60.5 Å². The highest BCUT2D eigenvalue weighted by Gasteiger charge is 2.28. The minimum absolute atomic E-state index is 0.190. The molecule has 0 aliphatic heterocycles. The fourth-order valence-corrected chi connectivity index (χ4v) is 5.03. The zero-order valence-electron chi connectivity index (χ0n) is 16.2. The number of aromatic nitrogens is 2. The van der Waals surface area contributed by atoms with Gasteiger partial charge in [0.1, 0.15) is 17.2 Å². The van der Waals surface area contributed by atoms with Gasteiger partial charge in [0.15, 0.2) is 0 Å². The van der Waals surface area contributed by atoms with Crippen LogP contribution in [-0.2, 0) is 28.9 Å². The Kier molecular flexibility index (Phi) is 7.05. The number of anilines is 1. The first-order chi connectivity index (χ1) is 13.8. The van der Waals surface area contributed by atoms with Crippen molar-refractivity contribution >= 4 is 44.1 Å². The Morgan fingerprint density at radius 3 is 2.72 bits per heavy atom. The lowest BCUT2D eigenvalue weighted by Gasteiger charge is -2.12. The average Bonchev–Trinajstić information content (AvgIpc) is 3.18. The topological polar surface area (TPSA) is 73.2 Å². The van der Waals surface area contributed by atoms with E-state index < -0.39 is 24.0 Å². The van der Waals surface area contributed by atoms with Crippen LogP contribution in [0.4, 0.5) is 13.8 Å². The number of carbonyl (C=O) groups excluding carboxylic acids is 2. The van der Waals surface area contributed by atoms with Gasteiger partial charge in [-0.15, -0.1) is 11.3 Å². The van der Waals surface area contributed by atoms with E-state index in [2.05, 4.69) is 26.3 Å². The number of rotatable bonds is 7. The van der Waals surface area contributed by atoms with E-state index in [9.17, 15) is 18.4 Å². The maximum atomic E-state index is 13.0. The van der Waals surface area contributed by atoms with Crippen LogP contribution in [0.25, 0.3) is 0 Å². The number of hydrogen-bond donors (Lipinski definition) is 1. The SMILES string of the molecule is CCCOC(=O)c1c(NC(=O)Cn2nc(C(F)F)c(Br)c2C)sc2c1CCCC2. The van der Waals surface area contributed by atoms with Gasteiger partial charge in [-0.1, -0.05) is 6.92 Å².